The molecule has 74 valence electrons. The van der Waals surface area contributed by atoms with Crippen molar-refractivity contribution in [3.63, 3.8) is 0 Å². The molecule has 13 heavy (non-hydrogen) atoms. The van der Waals surface area contributed by atoms with Crippen LogP contribution in [0.15, 0.2) is 23.8 Å². The summed E-state index contributed by atoms with van der Waals surface area (Å²) in [5.41, 5.74) is 2.26. The first-order valence-electron chi connectivity index (χ1n) is 5.04. The molecule has 0 aliphatic carbocycles. The number of rotatable bonds is 1. The van der Waals surface area contributed by atoms with Crippen LogP contribution in [0.4, 0.5) is 0 Å². The average molecular weight is 180 g/mol. The molecule has 1 rings (SSSR count). The first kappa shape index (κ1) is 10.5. The molecule has 0 saturated heterocycles. The summed E-state index contributed by atoms with van der Waals surface area (Å²) < 4.78 is 5.82. The normalized spacial score (nSPS) is 26.8. The molecule has 0 atom stereocenters. The first-order chi connectivity index (χ1) is 6.04. The monoisotopic (exact) mass is 180 g/mol. The van der Waals surface area contributed by atoms with E-state index in [4.69, 9.17) is 4.74 Å². The van der Waals surface area contributed by atoms with Gasteiger partial charge < -0.3 is 4.74 Å². The second-order valence-electron chi connectivity index (χ2n) is 4.25. The number of ether oxygens (including phenoxy) is 1. The number of allylic oxidation sites excluding steroid dienone is 1. The molecular formula is C12H20O. The molecule has 1 heterocycles. The molecule has 0 aromatic rings. The van der Waals surface area contributed by atoms with E-state index in [1.165, 1.54) is 18.4 Å². The lowest BCUT2D eigenvalue weighted by Crippen LogP contribution is -2.29. The van der Waals surface area contributed by atoms with Gasteiger partial charge in [0.2, 0.25) is 0 Å². The predicted molar refractivity (Wildman–Crippen MR) is 56.8 cm³/mol. The van der Waals surface area contributed by atoms with E-state index in [0.29, 0.717) is 0 Å². The zero-order chi connectivity index (χ0) is 9.90. The van der Waals surface area contributed by atoms with E-state index in [2.05, 4.69) is 33.4 Å². The maximum Gasteiger partial charge on any atom is 0.0874 e. The van der Waals surface area contributed by atoms with E-state index >= 15 is 0 Å². The summed E-state index contributed by atoms with van der Waals surface area (Å²) in [6.45, 7) is 11.2. The summed E-state index contributed by atoms with van der Waals surface area (Å²) in [6, 6.07) is 0. The van der Waals surface area contributed by atoms with Crippen LogP contribution in [0.5, 0.6) is 0 Å². The molecule has 0 aromatic carbocycles. The number of hydrogen-bond donors (Lipinski definition) is 0. The Bertz CT molecular complexity index is 223. The standard InChI is InChI=1S/C12H20O/c1-10(2)11-8-6-5-7-9-13-12(11,3)4/h8H,1,5-7,9H2,2-4H3/b11-8-. The Hall–Kier alpha value is -0.560. The molecular weight excluding hydrogens is 160 g/mol. The van der Waals surface area contributed by atoms with Crippen molar-refractivity contribution in [3.8, 4) is 0 Å². The van der Waals surface area contributed by atoms with Gasteiger partial charge in [-0.3, -0.25) is 0 Å². The Morgan fingerprint density at radius 1 is 1.46 bits per heavy atom. The summed E-state index contributed by atoms with van der Waals surface area (Å²) in [5.74, 6) is 0. The highest BCUT2D eigenvalue weighted by atomic mass is 16.5. The van der Waals surface area contributed by atoms with Crippen molar-refractivity contribution < 1.29 is 4.74 Å². The predicted octanol–water partition coefficient (Wildman–Crippen LogP) is 3.47. The minimum absolute atomic E-state index is 0.147. The fourth-order valence-corrected chi connectivity index (χ4v) is 1.83. The lowest BCUT2D eigenvalue weighted by Gasteiger charge is -2.30. The van der Waals surface area contributed by atoms with Gasteiger partial charge in [-0.1, -0.05) is 18.2 Å². The quantitative estimate of drug-likeness (QED) is 0.600. The van der Waals surface area contributed by atoms with Crippen LogP contribution >= 0.6 is 0 Å². The molecule has 0 unspecified atom stereocenters. The van der Waals surface area contributed by atoms with Crippen molar-refractivity contribution in [3.05, 3.63) is 23.8 Å². The molecule has 0 saturated carbocycles. The van der Waals surface area contributed by atoms with Gasteiger partial charge in [0.25, 0.3) is 0 Å². The van der Waals surface area contributed by atoms with Crippen molar-refractivity contribution in [1.82, 2.24) is 0 Å². The highest BCUT2D eigenvalue weighted by Gasteiger charge is 2.24. The van der Waals surface area contributed by atoms with Crippen LogP contribution in [-0.2, 0) is 4.74 Å². The van der Waals surface area contributed by atoms with Gasteiger partial charge in [0.15, 0.2) is 0 Å². The van der Waals surface area contributed by atoms with Crippen molar-refractivity contribution in [1.29, 1.82) is 0 Å². The molecule has 0 fully saturated rings. The Morgan fingerprint density at radius 2 is 2.15 bits per heavy atom. The Balaban J connectivity index is 2.87. The van der Waals surface area contributed by atoms with E-state index in [9.17, 15) is 0 Å². The van der Waals surface area contributed by atoms with Gasteiger partial charge in [-0.05, 0) is 45.6 Å². The summed E-state index contributed by atoms with van der Waals surface area (Å²) in [7, 11) is 0. The Labute approximate surface area is 81.5 Å². The molecule has 1 aliphatic rings. The van der Waals surface area contributed by atoms with E-state index in [1.807, 2.05) is 0 Å². The van der Waals surface area contributed by atoms with Crippen LogP contribution in [0.2, 0.25) is 0 Å². The van der Waals surface area contributed by atoms with E-state index < -0.39 is 0 Å². The van der Waals surface area contributed by atoms with Crippen LogP contribution in [-0.4, -0.2) is 12.2 Å². The van der Waals surface area contributed by atoms with E-state index in [-0.39, 0.29) is 5.60 Å². The van der Waals surface area contributed by atoms with Crippen molar-refractivity contribution in [2.24, 2.45) is 0 Å². The van der Waals surface area contributed by atoms with Gasteiger partial charge in [-0.2, -0.15) is 0 Å². The third-order valence-electron chi connectivity index (χ3n) is 2.52. The van der Waals surface area contributed by atoms with Gasteiger partial charge in [0.05, 0.1) is 5.60 Å². The number of hydrogen-bond acceptors (Lipinski definition) is 1. The largest absolute Gasteiger partial charge is 0.371 e. The molecule has 0 radical (unpaired) electrons. The van der Waals surface area contributed by atoms with Crippen molar-refractivity contribution in [2.45, 2.75) is 45.6 Å². The average Bonchev–Trinajstić information content (AvgIpc) is 1.97. The summed E-state index contributed by atoms with van der Waals surface area (Å²) in [5, 5.41) is 0. The smallest absolute Gasteiger partial charge is 0.0874 e. The van der Waals surface area contributed by atoms with Crippen LogP contribution in [0, 0.1) is 0 Å². The molecule has 1 nitrogen and oxygen atoms in total. The molecule has 0 aromatic heterocycles. The second-order valence-corrected chi connectivity index (χ2v) is 4.25. The molecule has 0 amide bonds. The molecule has 0 bridgehead atoms. The lowest BCUT2D eigenvalue weighted by atomic mass is 9.90. The van der Waals surface area contributed by atoms with Gasteiger partial charge in [-0.15, -0.1) is 0 Å². The summed E-state index contributed by atoms with van der Waals surface area (Å²) in [6.07, 6.45) is 5.84. The van der Waals surface area contributed by atoms with Crippen LogP contribution in [0.1, 0.15) is 40.0 Å². The zero-order valence-electron chi connectivity index (χ0n) is 9.02. The zero-order valence-corrected chi connectivity index (χ0v) is 9.02. The Kier molecular flexibility index (Phi) is 3.32. The highest BCUT2D eigenvalue weighted by Crippen LogP contribution is 2.28. The van der Waals surface area contributed by atoms with E-state index in [0.717, 1.165) is 18.6 Å². The van der Waals surface area contributed by atoms with Gasteiger partial charge in [0.1, 0.15) is 0 Å². The highest BCUT2D eigenvalue weighted by molar-refractivity contribution is 5.33. The fourth-order valence-electron chi connectivity index (χ4n) is 1.83. The van der Waals surface area contributed by atoms with Crippen LogP contribution in [0.25, 0.3) is 0 Å². The van der Waals surface area contributed by atoms with Gasteiger partial charge >= 0.3 is 0 Å². The maximum atomic E-state index is 5.82. The minimum Gasteiger partial charge on any atom is -0.371 e. The fraction of sp³-hybridized carbons (Fsp3) is 0.667. The summed E-state index contributed by atoms with van der Waals surface area (Å²) >= 11 is 0. The molecule has 1 aliphatic heterocycles. The van der Waals surface area contributed by atoms with Crippen LogP contribution < -0.4 is 0 Å². The molecule has 1 heteroatoms. The lowest BCUT2D eigenvalue weighted by molar-refractivity contribution is 0.00803. The minimum atomic E-state index is -0.147. The third kappa shape index (κ3) is 2.70. The van der Waals surface area contributed by atoms with Crippen molar-refractivity contribution in [2.75, 3.05) is 6.61 Å². The van der Waals surface area contributed by atoms with E-state index in [1.54, 1.807) is 0 Å². The topological polar surface area (TPSA) is 9.23 Å². The SMILES string of the molecule is C=C(C)/C1=C/CCCCOC1(C)C. The molecule has 0 N–H and O–H groups in total. The second kappa shape index (κ2) is 4.10. The molecule has 0 spiro atoms. The maximum absolute atomic E-state index is 5.82. The third-order valence-corrected chi connectivity index (χ3v) is 2.52. The van der Waals surface area contributed by atoms with Crippen molar-refractivity contribution >= 4 is 0 Å². The first-order valence-corrected chi connectivity index (χ1v) is 5.04. The van der Waals surface area contributed by atoms with Gasteiger partial charge in [0, 0.05) is 6.61 Å². The summed E-state index contributed by atoms with van der Waals surface area (Å²) in [4.78, 5) is 0. The van der Waals surface area contributed by atoms with Crippen LogP contribution in [0.3, 0.4) is 0 Å². The van der Waals surface area contributed by atoms with Gasteiger partial charge in [-0.25, -0.2) is 0 Å². The Morgan fingerprint density at radius 3 is 2.77 bits per heavy atom.